The Balaban J connectivity index is 4.93. The second-order valence-corrected chi connectivity index (χ2v) is 21.7. The van der Waals surface area contributed by atoms with Crippen LogP contribution in [0.2, 0.25) is 0 Å². The van der Waals surface area contributed by atoms with Gasteiger partial charge in [-0.1, -0.05) is 47.8 Å². The van der Waals surface area contributed by atoms with Crippen LogP contribution >= 0.6 is 47.8 Å². The molecule has 3 N–H and O–H groups in total. The van der Waals surface area contributed by atoms with Gasteiger partial charge in [-0.25, -0.2) is 4.79 Å². The van der Waals surface area contributed by atoms with Crippen molar-refractivity contribution in [1.29, 1.82) is 0 Å². The summed E-state index contributed by atoms with van der Waals surface area (Å²) in [5.74, 6) is -2.69. The molecule has 0 rings (SSSR count). The van der Waals surface area contributed by atoms with E-state index in [1.165, 1.54) is 0 Å². The molecule has 0 aliphatic heterocycles. The van der Waals surface area contributed by atoms with Crippen LogP contribution in [0.1, 0.15) is 68.7 Å². The van der Waals surface area contributed by atoms with Crippen molar-refractivity contribution in [3.8, 4) is 0 Å². The highest BCUT2D eigenvalue weighted by Gasteiger charge is 2.41. The minimum Gasteiger partial charge on any atom is -0.464 e. The van der Waals surface area contributed by atoms with E-state index in [4.69, 9.17) is 33.2 Å². The number of hydrogen-bond acceptors (Lipinski definition) is 14. The molecule has 17 nitrogen and oxygen atoms in total. The number of alkyl carbamates (subject to hydrolysis) is 1. The Morgan fingerprint density at radius 2 is 1.04 bits per heavy atom. The molecule has 1 unspecified atom stereocenters. The lowest BCUT2D eigenvalue weighted by Gasteiger charge is -2.34. The van der Waals surface area contributed by atoms with E-state index >= 15 is 0 Å². The van der Waals surface area contributed by atoms with E-state index in [2.05, 4.69) is 63.7 Å². The number of nitrogens with one attached hydrogen (secondary N) is 3. The molecular formula is C36H63Br3N4O13. The number of carbonyl (C=O) groups excluding carboxylic acids is 6. The first-order chi connectivity index (χ1) is 25.6. The molecule has 0 aromatic rings. The molecular weight excluding hydrogens is 936 g/mol. The number of hydrogen-bond donors (Lipinski definition) is 3. The van der Waals surface area contributed by atoms with Crippen LogP contribution in [0, 0.1) is 5.41 Å². The molecule has 1 atom stereocenters. The third-order valence-corrected chi connectivity index (χ3v) is 7.96. The van der Waals surface area contributed by atoms with E-state index < -0.39 is 66.5 Å². The number of amides is 3. The summed E-state index contributed by atoms with van der Waals surface area (Å²) in [5.41, 5.74) is -2.07. The van der Waals surface area contributed by atoms with Crippen molar-refractivity contribution in [1.82, 2.24) is 20.9 Å². The van der Waals surface area contributed by atoms with Crippen molar-refractivity contribution in [3.63, 3.8) is 0 Å². The number of rotatable bonds is 27. The lowest BCUT2D eigenvalue weighted by Crippen LogP contribution is -2.49. The Bertz CT molecular complexity index is 1190. The third kappa shape index (κ3) is 26.0. The van der Waals surface area contributed by atoms with Gasteiger partial charge in [0.2, 0.25) is 11.8 Å². The molecule has 0 aliphatic carbocycles. The average molecular weight is 1000 g/mol. The van der Waals surface area contributed by atoms with E-state index in [0.29, 0.717) is 13.0 Å². The van der Waals surface area contributed by atoms with Gasteiger partial charge in [0.1, 0.15) is 51.0 Å². The van der Waals surface area contributed by atoms with E-state index in [1.54, 1.807) is 62.3 Å². The fourth-order valence-electron chi connectivity index (χ4n) is 3.89. The Kier molecular flexibility index (Phi) is 24.4. The van der Waals surface area contributed by atoms with Gasteiger partial charge in [-0.15, -0.1) is 0 Å². The number of nitrogens with zero attached hydrogens (tertiary/aromatic N) is 1. The van der Waals surface area contributed by atoms with Crippen molar-refractivity contribution >= 4 is 83.6 Å². The van der Waals surface area contributed by atoms with Crippen LogP contribution in [0.25, 0.3) is 0 Å². The van der Waals surface area contributed by atoms with Crippen molar-refractivity contribution in [2.24, 2.45) is 5.41 Å². The highest BCUT2D eigenvalue weighted by Crippen LogP contribution is 2.28. The summed E-state index contributed by atoms with van der Waals surface area (Å²) in [6, 6.07) is -0.775. The minimum absolute atomic E-state index is 0.163. The van der Waals surface area contributed by atoms with E-state index in [-0.39, 0.29) is 71.9 Å². The zero-order valence-electron chi connectivity index (χ0n) is 34.7. The highest BCUT2D eigenvalue weighted by atomic mass is 79.9. The number of alkyl halides is 3. The molecule has 3 amide bonds. The Morgan fingerprint density at radius 1 is 0.607 bits per heavy atom. The highest BCUT2D eigenvalue weighted by molar-refractivity contribution is 9.10. The second kappa shape index (κ2) is 25.4. The molecule has 0 saturated carbocycles. The largest absolute Gasteiger partial charge is 0.464 e. The zero-order chi connectivity index (χ0) is 43.4. The van der Waals surface area contributed by atoms with Crippen molar-refractivity contribution in [2.75, 3.05) is 93.2 Å². The molecule has 0 radical (unpaired) electrons. The third-order valence-electron chi connectivity index (χ3n) is 6.98. The van der Waals surface area contributed by atoms with Gasteiger partial charge in [0.15, 0.2) is 0 Å². The molecule has 0 fully saturated rings. The topological polar surface area (TPSA) is 206 Å². The zero-order valence-corrected chi connectivity index (χ0v) is 39.4. The molecule has 0 saturated heterocycles. The van der Waals surface area contributed by atoms with Gasteiger partial charge >= 0.3 is 24.0 Å². The first-order valence-corrected chi connectivity index (χ1v) is 20.5. The monoisotopic (exact) mass is 996 g/mol. The molecule has 0 aromatic heterocycles. The molecule has 56 heavy (non-hydrogen) atoms. The normalized spacial score (nSPS) is 13.1. The average Bonchev–Trinajstić information content (AvgIpc) is 3.04. The Hall–Kier alpha value is -2.10. The summed E-state index contributed by atoms with van der Waals surface area (Å²) in [6.45, 7) is 14.8. The summed E-state index contributed by atoms with van der Waals surface area (Å²) in [5, 5.41) is 8.04. The van der Waals surface area contributed by atoms with Crippen LogP contribution in [-0.4, -0.2) is 159 Å². The molecule has 326 valence electrons. The molecule has 0 heterocycles. The number of halogens is 3. The van der Waals surface area contributed by atoms with Crippen molar-refractivity contribution in [3.05, 3.63) is 0 Å². The first-order valence-electron chi connectivity index (χ1n) is 18.1. The summed E-state index contributed by atoms with van der Waals surface area (Å²) >= 11 is 9.76. The van der Waals surface area contributed by atoms with Crippen LogP contribution in [0.3, 0.4) is 0 Å². The number of esters is 3. The lowest BCUT2D eigenvalue weighted by atomic mass is 9.92. The lowest BCUT2D eigenvalue weighted by molar-refractivity contribution is -0.170. The van der Waals surface area contributed by atoms with Crippen LogP contribution in [-0.2, 0) is 57.1 Å². The molecule has 0 bridgehead atoms. The van der Waals surface area contributed by atoms with Gasteiger partial charge in [-0.05, 0) is 89.4 Å². The Labute approximate surface area is 356 Å². The van der Waals surface area contributed by atoms with Crippen LogP contribution in [0.15, 0.2) is 0 Å². The van der Waals surface area contributed by atoms with Crippen LogP contribution in [0.5, 0.6) is 0 Å². The maximum Gasteiger partial charge on any atom is 0.408 e. The van der Waals surface area contributed by atoms with E-state index in [0.717, 1.165) is 0 Å². The summed E-state index contributed by atoms with van der Waals surface area (Å²) in [6.07, 6.45) is -0.279. The van der Waals surface area contributed by atoms with E-state index in [1.807, 2.05) is 19.0 Å². The van der Waals surface area contributed by atoms with Crippen molar-refractivity contribution < 1.29 is 61.9 Å². The number of carbonyl (C=O) groups is 6. The molecule has 0 aliphatic rings. The molecule has 20 heteroatoms. The molecule has 0 aromatic carbocycles. The smallest absolute Gasteiger partial charge is 0.408 e. The Morgan fingerprint density at radius 3 is 1.43 bits per heavy atom. The maximum absolute atomic E-state index is 12.7. The standard InChI is InChI=1S/C36H63Br3N4O13/c1-32(2,3)56-31(49)42-25(12-15-43(10)11)27(45)41-14-17-51-19-18-50-16-13-40-26(44)20-52-21-36(22-53-28(46)33(4,5)37,23-54-29(47)34(6,7)38)24-55-30(48)35(8,9)39/h25H,12-24H2,1-11H3,(H,40,44)(H,41,45)(H,42,49). The fourth-order valence-corrected chi connectivity index (χ4v) is 4.24. The second-order valence-electron chi connectivity index (χ2n) is 15.8. The molecule has 0 spiro atoms. The maximum atomic E-state index is 12.7. The fraction of sp³-hybridized carbons (Fsp3) is 0.833. The summed E-state index contributed by atoms with van der Waals surface area (Å²) in [7, 11) is 3.74. The number of ether oxygens (including phenoxy) is 7. The minimum atomic E-state index is -1.37. The van der Waals surface area contributed by atoms with E-state index in [9.17, 15) is 28.8 Å². The van der Waals surface area contributed by atoms with Crippen LogP contribution < -0.4 is 16.0 Å². The first kappa shape index (κ1) is 53.9. The van der Waals surface area contributed by atoms with Gasteiger partial charge in [-0.2, -0.15) is 0 Å². The predicted octanol–water partition coefficient (Wildman–Crippen LogP) is 3.25. The van der Waals surface area contributed by atoms with Crippen molar-refractivity contribution in [2.45, 2.75) is 93.4 Å². The van der Waals surface area contributed by atoms with Gasteiger partial charge in [0.05, 0.1) is 38.4 Å². The summed E-state index contributed by atoms with van der Waals surface area (Å²) < 4.78 is 35.5. The van der Waals surface area contributed by atoms with Crippen LogP contribution in [0.4, 0.5) is 4.79 Å². The summed E-state index contributed by atoms with van der Waals surface area (Å²) in [4.78, 5) is 77.3. The quantitative estimate of drug-likeness (QED) is 0.0468. The van der Waals surface area contributed by atoms with Gasteiger partial charge in [0.25, 0.3) is 0 Å². The van der Waals surface area contributed by atoms with Gasteiger partial charge in [-0.3, -0.25) is 24.0 Å². The van der Waals surface area contributed by atoms with Gasteiger partial charge < -0.3 is 54.0 Å². The predicted molar refractivity (Wildman–Crippen MR) is 219 cm³/mol. The van der Waals surface area contributed by atoms with Gasteiger partial charge in [0, 0.05) is 13.1 Å². The SMILES string of the molecule is CN(C)CCC(NC(=O)OC(C)(C)C)C(=O)NCCOCCOCCNC(=O)COCC(COC(=O)C(C)(C)Br)(COC(=O)C(C)(C)Br)COC(=O)C(C)(C)Br.